The minimum atomic E-state index is -3.38. The zero-order valence-electron chi connectivity index (χ0n) is 6.22. The van der Waals surface area contributed by atoms with E-state index in [4.69, 9.17) is 0 Å². The molecule has 1 heterocycles. The molecule has 5 nitrogen and oxygen atoms in total. The predicted molar refractivity (Wildman–Crippen MR) is 39.1 cm³/mol. The van der Waals surface area contributed by atoms with Crippen LogP contribution in [-0.4, -0.2) is 35.8 Å². The van der Waals surface area contributed by atoms with Gasteiger partial charge < -0.3 is 0 Å². The maximum atomic E-state index is 11.2. The van der Waals surface area contributed by atoms with Gasteiger partial charge in [0.2, 0.25) is 0 Å². The second-order valence-corrected chi connectivity index (χ2v) is 4.17. The summed E-state index contributed by atoms with van der Waals surface area (Å²) in [7, 11) is -0.470. The Bertz CT molecular complexity index is 314. The molecule has 0 aliphatic rings. The Hall–Kier alpha value is -0.880. The smallest absolute Gasteiger partial charge is 0.234 e. The maximum Gasteiger partial charge on any atom is 0.308 e. The van der Waals surface area contributed by atoms with Crippen molar-refractivity contribution in [3.63, 3.8) is 0 Å². The number of hydrogen-bond donors (Lipinski definition) is 0. The van der Waals surface area contributed by atoms with Crippen LogP contribution >= 0.6 is 0 Å². The molecule has 1 rings (SSSR count). The number of rotatable bonds is 2. The highest BCUT2D eigenvalue weighted by molar-refractivity contribution is 7.87. The quantitative estimate of drug-likeness (QED) is 0.598. The Morgan fingerprint density at radius 1 is 1.55 bits per heavy atom. The zero-order valence-corrected chi connectivity index (χ0v) is 7.04. The van der Waals surface area contributed by atoms with E-state index in [1.54, 1.807) is 0 Å². The van der Waals surface area contributed by atoms with Crippen LogP contribution in [0.15, 0.2) is 12.5 Å². The molecule has 0 bridgehead atoms. The molecule has 0 saturated carbocycles. The van der Waals surface area contributed by atoms with E-state index in [0.717, 1.165) is 8.28 Å². The molecule has 1 radical (unpaired) electrons. The molecule has 1 aromatic heterocycles. The van der Waals surface area contributed by atoms with E-state index >= 15 is 0 Å². The largest absolute Gasteiger partial charge is 0.308 e. The van der Waals surface area contributed by atoms with E-state index in [2.05, 4.69) is 11.2 Å². The summed E-state index contributed by atoms with van der Waals surface area (Å²) >= 11 is 0. The molecule has 11 heavy (non-hydrogen) atoms. The summed E-state index contributed by atoms with van der Waals surface area (Å²) in [6.45, 7) is 0. The highest BCUT2D eigenvalue weighted by Crippen LogP contribution is 1.97. The fourth-order valence-electron chi connectivity index (χ4n) is 0.529. The van der Waals surface area contributed by atoms with Crippen LogP contribution < -0.4 is 0 Å². The lowest BCUT2D eigenvalue weighted by Gasteiger charge is -2.10. The van der Waals surface area contributed by atoms with Gasteiger partial charge in [-0.05, 0) is 0 Å². The Morgan fingerprint density at radius 3 is 2.55 bits per heavy atom. The van der Waals surface area contributed by atoms with Gasteiger partial charge in [0.25, 0.3) is 0 Å². The van der Waals surface area contributed by atoms with Gasteiger partial charge in [-0.1, -0.05) is 0 Å². The Kier molecular flexibility index (Phi) is 1.97. The van der Waals surface area contributed by atoms with Crippen molar-refractivity contribution < 1.29 is 8.42 Å². The molecule has 0 unspecified atom stereocenters. The summed E-state index contributed by atoms with van der Waals surface area (Å²) in [5, 5.41) is 0. The van der Waals surface area contributed by atoms with Gasteiger partial charge in [0, 0.05) is 14.1 Å². The summed E-state index contributed by atoms with van der Waals surface area (Å²) in [5.41, 5.74) is 0. The van der Waals surface area contributed by atoms with Crippen molar-refractivity contribution in [2.24, 2.45) is 0 Å². The van der Waals surface area contributed by atoms with E-state index in [1.807, 2.05) is 0 Å². The van der Waals surface area contributed by atoms with E-state index in [1.165, 1.54) is 26.6 Å². The highest BCUT2D eigenvalue weighted by Gasteiger charge is 2.14. The minimum Gasteiger partial charge on any atom is -0.234 e. The predicted octanol–water partition coefficient (Wildman–Crippen LogP) is -0.662. The number of imidazole rings is 1. The first-order valence-corrected chi connectivity index (χ1v) is 4.28. The average molecular weight is 174 g/mol. The lowest BCUT2D eigenvalue weighted by atomic mass is 11.0. The van der Waals surface area contributed by atoms with E-state index < -0.39 is 10.2 Å². The molecule has 61 valence electrons. The van der Waals surface area contributed by atoms with Gasteiger partial charge in [0.15, 0.2) is 0 Å². The highest BCUT2D eigenvalue weighted by atomic mass is 32.2. The first-order chi connectivity index (χ1) is 5.05. The third kappa shape index (κ3) is 1.41. The van der Waals surface area contributed by atoms with Crippen LogP contribution in [0.3, 0.4) is 0 Å². The number of hydrogen-bond acceptors (Lipinski definition) is 3. The lowest BCUT2D eigenvalue weighted by Crippen LogP contribution is -2.27. The summed E-state index contributed by atoms with van der Waals surface area (Å²) in [6.07, 6.45) is 4.85. The second kappa shape index (κ2) is 2.63. The molecular formula is C5H8N3O2S. The standard InChI is InChI=1S/C5H8N3O2S/c1-7(2)11(9,10)8-4-3-6-5-8/h4-5H,1-2H3. The van der Waals surface area contributed by atoms with Crippen LogP contribution in [0.1, 0.15) is 0 Å². The molecule has 6 heteroatoms. The van der Waals surface area contributed by atoms with Crippen molar-refractivity contribution >= 4 is 10.2 Å². The van der Waals surface area contributed by atoms with Crippen LogP contribution in [0.25, 0.3) is 0 Å². The molecule has 0 fully saturated rings. The van der Waals surface area contributed by atoms with Gasteiger partial charge in [-0.3, -0.25) is 0 Å². The molecule has 0 amide bonds. The average Bonchev–Trinajstić information content (AvgIpc) is 2.37. The van der Waals surface area contributed by atoms with Crippen molar-refractivity contribution in [2.75, 3.05) is 14.1 Å². The van der Waals surface area contributed by atoms with Crippen molar-refractivity contribution in [2.45, 2.75) is 0 Å². The van der Waals surface area contributed by atoms with Gasteiger partial charge in [-0.25, -0.2) is 8.96 Å². The van der Waals surface area contributed by atoms with Crippen molar-refractivity contribution in [1.29, 1.82) is 0 Å². The third-order valence-electron chi connectivity index (χ3n) is 1.16. The van der Waals surface area contributed by atoms with Crippen LogP contribution in [0, 0.1) is 6.20 Å². The lowest BCUT2D eigenvalue weighted by molar-refractivity contribution is 0.510. The SMILES string of the molecule is CN(C)S(=O)(=O)n1c[c]nc1. The molecule has 0 aliphatic heterocycles. The number of nitrogens with zero attached hydrogens (tertiary/aromatic N) is 3. The van der Waals surface area contributed by atoms with Gasteiger partial charge in [0.05, 0.1) is 6.20 Å². The van der Waals surface area contributed by atoms with Gasteiger partial charge in [-0.2, -0.15) is 12.7 Å². The topological polar surface area (TPSA) is 55.2 Å². The molecular weight excluding hydrogens is 166 g/mol. The summed E-state index contributed by atoms with van der Waals surface area (Å²) < 4.78 is 24.5. The maximum absolute atomic E-state index is 11.2. The summed E-state index contributed by atoms with van der Waals surface area (Å²) in [4.78, 5) is 3.50. The van der Waals surface area contributed by atoms with Crippen LogP contribution in [0.5, 0.6) is 0 Å². The Labute approximate surface area is 65.5 Å². The van der Waals surface area contributed by atoms with E-state index in [9.17, 15) is 8.42 Å². The van der Waals surface area contributed by atoms with Crippen molar-refractivity contribution in [3.8, 4) is 0 Å². The van der Waals surface area contributed by atoms with Gasteiger partial charge >= 0.3 is 10.2 Å². The Morgan fingerprint density at radius 2 is 2.18 bits per heavy atom. The fraction of sp³-hybridized carbons (Fsp3) is 0.400. The fourth-order valence-corrected chi connectivity index (χ4v) is 1.25. The minimum absolute atomic E-state index is 0.993. The molecule has 0 atom stereocenters. The van der Waals surface area contributed by atoms with Crippen LogP contribution in [0.2, 0.25) is 0 Å². The molecule has 0 N–H and O–H groups in total. The van der Waals surface area contributed by atoms with E-state index in [-0.39, 0.29) is 0 Å². The van der Waals surface area contributed by atoms with E-state index in [0.29, 0.717) is 0 Å². The molecule has 0 aromatic carbocycles. The summed E-state index contributed by atoms with van der Waals surface area (Å²) in [5.74, 6) is 0. The number of aromatic nitrogens is 2. The first-order valence-electron chi connectivity index (χ1n) is 2.88. The van der Waals surface area contributed by atoms with Gasteiger partial charge in [0.1, 0.15) is 12.5 Å². The third-order valence-corrected chi connectivity index (χ3v) is 2.81. The molecule has 1 aromatic rings. The van der Waals surface area contributed by atoms with Gasteiger partial charge in [-0.15, -0.1) is 0 Å². The van der Waals surface area contributed by atoms with Crippen molar-refractivity contribution in [1.82, 2.24) is 13.3 Å². The summed E-state index contributed by atoms with van der Waals surface area (Å²) in [6, 6.07) is 0. The Balaban J connectivity index is 3.12. The van der Waals surface area contributed by atoms with Crippen LogP contribution in [0.4, 0.5) is 0 Å². The normalized spacial score (nSPS) is 12.3. The van der Waals surface area contributed by atoms with Crippen molar-refractivity contribution in [3.05, 3.63) is 18.7 Å². The van der Waals surface area contributed by atoms with Crippen LogP contribution in [-0.2, 0) is 10.2 Å². The molecule has 0 aliphatic carbocycles. The molecule has 0 spiro atoms. The second-order valence-electron chi connectivity index (χ2n) is 2.12. The zero-order chi connectivity index (χ0) is 8.48. The first kappa shape index (κ1) is 8.22. The monoisotopic (exact) mass is 174 g/mol. The molecule has 0 saturated heterocycles.